The van der Waals surface area contributed by atoms with Crippen LogP contribution in [-0.2, 0) is 5.41 Å². The van der Waals surface area contributed by atoms with E-state index >= 15 is 0 Å². The van der Waals surface area contributed by atoms with Gasteiger partial charge in [-0.05, 0) is 66.6 Å². The fourth-order valence-electron chi connectivity index (χ4n) is 8.49. The number of fused-ring (bicyclic) bond motifs is 10. The number of para-hydroxylation sites is 3. The minimum Gasteiger partial charge on any atom is -0.441 e. The monoisotopic (exact) mass is 492 g/mol. The topological polar surface area (TPSA) is 19.6 Å². The Kier molecular flexibility index (Phi) is 3.84. The molecule has 0 N–H and O–H groups in total. The number of hydrogen-bond donors (Lipinski definition) is 0. The van der Waals surface area contributed by atoms with Crippen LogP contribution in [0, 0.1) is 0 Å². The molecule has 0 bridgehead atoms. The lowest BCUT2D eigenvalue weighted by Gasteiger charge is -2.50. The van der Waals surface area contributed by atoms with E-state index < -0.39 is 0 Å². The number of rotatable bonds is 1. The van der Waals surface area contributed by atoms with E-state index in [2.05, 4.69) is 115 Å². The summed E-state index contributed by atoms with van der Waals surface area (Å²) in [5.74, 6) is 1.07. The predicted octanol–water partition coefficient (Wildman–Crippen LogP) is 6.79. The Morgan fingerprint density at radius 1 is 0.737 bits per heavy atom. The molecule has 9 rings (SSSR count). The maximum absolute atomic E-state index is 6.88. The first-order valence-electron chi connectivity index (χ1n) is 14.0. The van der Waals surface area contributed by atoms with Crippen LogP contribution >= 0.6 is 0 Å². The highest BCUT2D eigenvalue weighted by atomic mass is 16.4. The maximum Gasteiger partial charge on any atom is 0.257 e. The van der Waals surface area contributed by atoms with E-state index in [1.807, 2.05) is 0 Å². The number of anilines is 5. The molecule has 2 unspecified atom stereocenters. The van der Waals surface area contributed by atoms with Gasteiger partial charge in [0.25, 0.3) is 6.71 Å². The second kappa shape index (κ2) is 6.93. The van der Waals surface area contributed by atoms with Crippen LogP contribution in [0.3, 0.4) is 0 Å². The van der Waals surface area contributed by atoms with Crippen molar-refractivity contribution in [1.82, 2.24) is 0 Å². The van der Waals surface area contributed by atoms with Crippen LogP contribution in [-0.4, -0.2) is 12.3 Å². The third kappa shape index (κ3) is 2.26. The highest BCUT2D eigenvalue weighted by Crippen LogP contribution is 2.62. The summed E-state index contributed by atoms with van der Waals surface area (Å²) in [4.78, 5) is 5.14. The highest BCUT2D eigenvalue weighted by Gasteiger charge is 2.62. The standard InChI is InChI=1S/C34H29BN2O/c1-33-20-10-11-21-34(33,2)37-31-24(33)18-19-27-30(31)35(29-23-14-6-9-17-28(23)38-32(29)37)25-15-7-8-16-26(25)36(27)22-12-4-3-5-13-22/h3-9,12-19H,10-11,20-21H2,1-2H3. The van der Waals surface area contributed by atoms with Crippen molar-refractivity contribution in [3.8, 4) is 0 Å². The first kappa shape index (κ1) is 21.1. The van der Waals surface area contributed by atoms with Crippen molar-refractivity contribution >= 4 is 62.7 Å². The number of hydrogen-bond acceptors (Lipinski definition) is 3. The average Bonchev–Trinajstić information content (AvgIpc) is 3.43. The van der Waals surface area contributed by atoms with E-state index in [1.54, 1.807) is 0 Å². The molecule has 0 saturated heterocycles. The van der Waals surface area contributed by atoms with Gasteiger partial charge in [0, 0.05) is 39.0 Å². The van der Waals surface area contributed by atoms with E-state index in [4.69, 9.17) is 4.42 Å². The molecule has 4 heteroatoms. The molecule has 5 aromatic rings. The summed E-state index contributed by atoms with van der Waals surface area (Å²) in [6, 6.07) is 33.4. The Hall–Kier alpha value is -3.92. The molecule has 0 spiro atoms. The summed E-state index contributed by atoms with van der Waals surface area (Å²) in [5.41, 5.74) is 11.8. The number of furan rings is 1. The fourth-order valence-corrected chi connectivity index (χ4v) is 8.49. The van der Waals surface area contributed by atoms with E-state index in [0.717, 1.165) is 11.5 Å². The van der Waals surface area contributed by atoms with Gasteiger partial charge in [-0.15, -0.1) is 0 Å². The molecule has 0 amide bonds. The summed E-state index contributed by atoms with van der Waals surface area (Å²) < 4.78 is 6.88. The maximum atomic E-state index is 6.88. The molecular formula is C34H29BN2O. The molecule has 38 heavy (non-hydrogen) atoms. The Morgan fingerprint density at radius 2 is 1.50 bits per heavy atom. The van der Waals surface area contributed by atoms with Gasteiger partial charge in [0.2, 0.25) is 0 Å². The lowest BCUT2D eigenvalue weighted by Crippen LogP contribution is -2.64. The first-order chi connectivity index (χ1) is 18.6. The van der Waals surface area contributed by atoms with Crippen molar-refractivity contribution in [1.29, 1.82) is 0 Å². The average molecular weight is 492 g/mol. The molecule has 0 radical (unpaired) electrons. The Balaban J connectivity index is 1.46. The third-order valence-electron chi connectivity index (χ3n) is 10.4. The molecular weight excluding hydrogens is 463 g/mol. The second-order valence-electron chi connectivity index (χ2n) is 12.0. The van der Waals surface area contributed by atoms with Crippen molar-refractivity contribution in [2.24, 2.45) is 0 Å². The summed E-state index contributed by atoms with van der Waals surface area (Å²) in [6.45, 7) is 5.16. The van der Waals surface area contributed by atoms with Crippen molar-refractivity contribution < 1.29 is 4.42 Å². The van der Waals surface area contributed by atoms with E-state index in [-0.39, 0.29) is 17.7 Å². The summed E-state index contributed by atoms with van der Waals surface area (Å²) in [7, 11) is 0. The molecule has 1 aromatic heterocycles. The molecule has 4 aromatic carbocycles. The van der Waals surface area contributed by atoms with Gasteiger partial charge in [-0.2, -0.15) is 0 Å². The highest BCUT2D eigenvalue weighted by molar-refractivity contribution is 7.01. The van der Waals surface area contributed by atoms with Crippen LogP contribution in [0.1, 0.15) is 45.1 Å². The van der Waals surface area contributed by atoms with Gasteiger partial charge in [-0.3, -0.25) is 0 Å². The SMILES string of the molecule is CC12CCCCC1(C)N1c3oc4ccccc4c3B3c4ccccc4N(c4ccccc4)c4ccc2c1c43. The van der Waals surface area contributed by atoms with Gasteiger partial charge in [0.1, 0.15) is 5.58 Å². The van der Waals surface area contributed by atoms with Crippen LogP contribution in [0.25, 0.3) is 11.0 Å². The second-order valence-corrected chi connectivity index (χ2v) is 12.0. The summed E-state index contributed by atoms with van der Waals surface area (Å²) in [6.07, 6.45) is 4.93. The molecule has 3 nitrogen and oxygen atoms in total. The molecule has 184 valence electrons. The first-order valence-corrected chi connectivity index (χ1v) is 14.0. The lowest BCUT2D eigenvalue weighted by molar-refractivity contribution is 0.191. The quantitative estimate of drug-likeness (QED) is 0.236. The molecule has 3 aliphatic heterocycles. The summed E-state index contributed by atoms with van der Waals surface area (Å²) in [5, 5.41) is 1.24. The van der Waals surface area contributed by atoms with Crippen molar-refractivity contribution in [2.45, 2.75) is 50.5 Å². The van der Waals surface area contributed by atoms with Gasteiger partial charge in [-0.1, -0.05) is 80.4 Å². The molecule has 1 saturated carbocycles. The van der Waals surface area contributed by atoms with Gasteiger partial charge in [0.05, 0.1) is 5.54 Å². The van der Waals surface area contributed by atoms with Crippen molar-refractivity contribution in [3.63, 3.8) is 0 Å². The smallest absolute Gasteiger partial charge is 0.257 e. The Labute approximate surface area is 223 Å². The fraction of sp³-hybridized carbons (Fsp3) is 0.235. The zero-order valence-corrected chi connectivity index (χ0v) is 21.9. The van der Waals surface area contributed by atoms with Crippen LogP contribution < -0.4 is 26.2 Å². The van der Waals surface area contributed by atoms with Gasteiger partial charge < -0.3 is 14.2 Å². The normalized spacial score (nSPS) is 24.2. The van der Waals surface area contributed by atoms with Crippen molar-refractivity contribution in [2.75, 3.05) is 9.80 Å². The van der Waals surface area contributed by atoms with Gasteiger partial charge in [0.15, 0.2) is 5.88 Å². The molecule has 4 aliphatic rings. The molecule has 1 fully saturated rings. The molecule has 1 aliphatic carbocycles. The zero-order valence-electron chi connectivity index (χ0n) is 21.9. The summed E-state index contributed by atoms with van der Waals surface area (Å²) >= 11 is 0. The van der Waals surface area contributed by atoms with Gasteiger partial charge in [-0.25, -0.2) is 0 Å². The van der Waals surface area contributed by atoms with Crippen LogP contribution in [0.15, 0.2) is 95.4 Å². The minimum absolute atomic E-state index is 0.0230. The van der Waals surface area contributed by atoms with E-state index in [1.165, 1.54) is 75.8 Å². The molecule has 2 atom stereocenters. The van der Waals surface area contributed by atoms with E-state index in [0.29, 0.717) is 0 Å². The van der Waals surface area contributed by atoms with Crippen LogP contribution in [0.4, 0.5) is 28.6 Å². The number of benzene rings is 4. The zero-order chi connectivity index (χ0) is 25.2. The lowest BCUT2D eigenvalue weighted by atomic mass is 9.33. The largest absolute Gasteiger partial charge is 0.441 e. The Bertz CT molecular complexity index is 1790. The van der Waals surface area contributed by atoms with Crippen LogP contribution in [0.2, 0.25) is 0 Å². The Morgan fingerprint density at radius 3 is 2.39 bits per heavy atom. The van der Waals surface area contributed by atoms with Gasteiger partial charge >= 0.3 is 0 Å². The molecule has 4 heterocycles. The number of nitrogens with zero attached hydrogens (tertiary/aromatic N) is 2. The van der Waals surface area contributed by atoms with Crippen molar-refractivity contribution in [3.05, 3.63) is 96.6 Å². The minimum atomic E-state index is -0.0230. The van der Waals surface area contributed by atoms with E-state index in [9.17, 15) is 0 Å². The van der Waals surface area contributed by atoms with Crippen LogP contribution in [0.5, 0.6) is 0 Å². The predicted molar refractivity (Wildman–Crippen MR) is 158 cm³/mol. The third-order valence-corrected chi connectivity index (χ3v) is 10.4.